The van der Waals surface area contributed by atoms with Crippen molar-refractivity contribution in [2.24, 2.45) is 0 Å². The van der Waals surface area contributed by atoms with Crippen LogP contribution in [0.15, 0.2) is 18.2 Å². The first-order valence-electron chi connectivity index (χ1n) is 6.72. The quantitative estimate of drug-likeness (QED) is 0.795. The van der Waals surface area contributed by atoms with Crippen molar-refractivity contribution in [3.05, 3.63) is 34.9 Å². The molecule has 0 fully saturated rings. The lowest BCUT2D eigenvalue weighted by atomic mass is 10.0. The molecule has 2 N–H and O–H groups in total. The van der Waals surface area contributed by atoms with Crippen LogP contribution < -0.4 is 5.32 Å². The SMILES string of the molecule is CCNC(=O)CN(C)C(=O)c1cc(C)ccc1C#CCO. The number of carbonyl (C=O) groups is 2. The van der Waals surface area contributed by atoms with Crippen LogP contribution in [0, 0.1) is 18.8 Å². The predicted molar refractivity (Wildman–Crippen MR) is 80.8 cm³/mol. The van der Waals surface area contributed by atoms with Crippen LogP contribution in [0.2, 0.25) is 0 Å². The Bertz CT molecular complexity index is 585. The Morgan fingerprint density at radius 3 is 2.71 bits per heavy atom. The molecule has 0 spiro atoms. The number of aliphatic hydroxyl groups is 1. The van der Waals surface area contributed by atoms with E-state index in [1.165, 1.54) is 4.90 Å². The monoisotopic (exact) mass is 288 g/mol. The standard InChI is InChI=1S/C16H20N2O3/c1-4-17-15(20)11-18(3)16(21)14-10-12(2)7-8-13(14)6-5-9-19/h7-8,10,19H,4,9,11H2,1-3H3,(H,17,20). The molecule has 0 aromatic heterocycles. The molecule has 0 radical (unpaired) electrons. The van der Waals surface area contributed by atoms with E-state index in [2.05, 4.69) is 17.2 Å². The smallest absolute Gasteiger partial charge is 0.255 e. The first-order chi connectivity index (χ1) is 9.99. The number of aliphatic hydroxyl groups excluding tert-OH is 1. The van der Waals surface area contributed by atoms with E-state index in [9.17, 15) is 9.59 Å². The number of nitrogens with zero attached hydrogens (tertiary/aromatic N) is 1. The summed E-state index contributed by atoms with van der Waals surface area (Å²) in [7, 11) is 1.57. The van der Waals surface area contributed by atoms with Gasteiger partial charge in [-0.2, -0.15) is 0 Å². The van der Waals surface area contributed by atoms with Crippen LogP contribution in [0.3, 0.4) is 0 Å². The number of carbonyl (C=O) groups excluding carboxylic acids is 2. The van der Waals surface area contributed by atoms with Gasteiger partial charge in [0.25, 0.3) is 5.91 Å². The summed E-state index contributed by atoms with van der Waals surface area (Å²) in [4.78, 5) is 25.3. The summed E-state index contributed by atoms with van der Waals surface area (Å²) in [6.07, 6.45) is 0. The molecule has 0 heterocycles. The number of rotatable bonds is 4. The van der Waals surface area contributed by atoms with Crippen molar-refractivity contribution < 1.29 is 14.7 Å². The van der Waals surface area contributed by atoms with Crippen LogP contribution in [0.25, 0.3) is 0 Å². The average molecular weight is 288 g/mol. The zero-order valence-electron chi connectivity index (χ0n) is 12.6. The van der Waals surface area contributed by atoms with Gasteiger partial charge in [-0.05, 0) is 26.0 Å². The van der Waals surface area contributed by atoms with E-state index in [0.29, 0.717) is 17.7 Å². The molecule has 0 saturated heterocycles. The molecular formula is C16H20N2O3. The Balaban J connectivity index is 3.00. The van der Waals surface area contributed by atoms with Crippen LogP contribution >= 0.6 is 0 Å². The Morgan fingerprint density at radius 2 is 2.10 bits per heavy atom. The zero-order valence-corrected chi connectivity index (χ0v) is 12.6. The zero-order chi connectivity index (χ0) is 15.8. The molecule has 112 valence electrons. The number of likely N-dealkylation sites (N-methyl/N-ethyl adjacent to an activating group) is 2. The topological polar surface area (TPSA) is 69.6 Å². The molecule has 0 saturated carbocycles. The van der Waals surface area contributed by atoms with Gasteiger partial charge in [-0.25, -0.2) is 0 Å². The highest BCUT2D eigenvalue weighted by atomic mass is 16.2. The maximum absolute atomic E-state index is 12.4. The highest BCUT2D eigenvalue weighted by Gasteiger charge is 2.17. The van der Waals surface area contributed by atoms with E-state index in [0.717, 1.165) is 5.56 Å². The Labute approximate surface area is 125 Å². The third kappa shape index (κ3) is 4.93. The van der Waals surface area contributed by atoms with Crippen molar-refractivity contribution in [1.82, 2.24) is 10.2 Å². The molecular weight excluding hydrogens is 268 g/mol. The van der Waals surface area contributed by atoms with E-state index >= 15 is 0 Å². The van der Waals surface area contributed by atoms with Crippen molar-refractivity contribution in [2.75, 3.05) is 26.7 Å². The number of benzene rings is 1. The fraction of sp³-hybridized carbons (Fsp3) is 0.375. The molecule has 2 amide bonds. The molecule has 1 aromatic carbocycles. The lowest BCUT2D eigenvalue weighted by Gasteiger charge is -2.17. The van der Waals surface area contributed by atoms with Gasteiger partial charge in [-0.15, -0.1) is 0 Å². The van der Waals surface area contributed by atoms with Gasteiger partial charge in [0.2, 0.25) is 5.91 Å². The van der Waals surface area contributed by atoms with Gasteiger partial charge in [0, 0.05) is 19.2 Å². The summed E-state index contributed by atoms with van der Waals surface area (Å²) in [5, 5.41) is 11.4. The van der Waals surface area contributed by atoms with Gasteiger partial charge in [0.15, 0.2) is 0 Å². The third-order valence-corrected chi connectivity index (χ3v) is 2.81. The fourth-order valence-electron chi connectivity index (χ4n) is 1.82. The van der Waals surface area contributed by atoms with Crippen molar-refractivity contribution in [2.45, 2.75) is 13.8 Å². The molecule has 0 atom stereocenters. The highest BCUT2D eigenvalue weighted by Crippen LogP contribution is 2.13. The van der Waals surface area contributed by atoms with E-state index in [4.69, 9.17) is 5.11 Å². The van der Waals surface area contributed by atoms with Gasteiger partial charge < -0.3 is 15.3 Å². The van der Waals surface area contributed by atoms with Crippen LogP contribution in [-0.2, 0) is 4.79 Å². The summed E-state index contributed by atoms with van der Waals surface area (Å²) in [6, 6.07) is 5.32. The second-order valence-electron chi connectivity index (χ2n) is 4.62. The molecule has 0 aliphatic rings. The molecule has 1 aromatic rings. The average Bonchev–Trinajstić information content (AvgIpc) is 2.45. The van der Waals surface area contributed by atoms with Crippen molar-refractivity contribution >= 4 is 11.8 Å². The molecule has 5 heteroatoms. The van der Waals surface area contributed by atoms with E-state index in [1.54, 1.807) is 19.2 Å². The van der Waals surface area contributed by atoms with Gasteiger partial charge in [0.05, 0.1) is 12.1 Å². The maximum atomic E-state index is 12.4. The van der Waals surface area contributed by atoms with Crippen molar-refractivity contribution in [3.8, 4) is 11.8 Å². The van der Waals surface area contributed by atoms with Crippen molar-refractivity contribution in [3.63, 3.8) is 0 Å². The Hall–Kier alpha value is -2.32. The minimum atomic E-state index is -0.271. The molecule has 1 rings (SSSR count). The largest absolute Gasteiger partial charge is 0.384 e. The molecule has 0 aliphatic carbocycles. The first kappa shape index (κ1) is 16.7. The maximum Gasteiger partial charge on any atom is 0.255 e. The van der Waals surface area contributed by atoms with Crippen LogP contribution in [0.4, 0.5) is 0 Å². The molecule has 0 bridgehead atoms. The van der Waals surface area contributed by atoms with Gasteiger partial charge >= 0.3 is 0 Å². The van der Waals surface area contributed by atoms with Crippen LogP contribution in [0.5, 0.6) is 0 Å². The predicted octanol–water partition coefficient (Wildman–Crippen LogP) is 0.547. The second-order valence-corrected chi connectivity index (χ2v) is 4.62. The summed E-state index contributed by atoms with van der Waals surface area (Å²) in [5.41, 5.74) is 1.91. The summed E-state index contributed by atoms with van der Waals surface area (Å²) in [5.74, 6) is 4.82. The van der Waals surface area contributed by atoms with Gasteiger partial charge in [-0.3, -0.25) is 9.59 Å². The number of hydrogen-bond donors (Lipinski definition) is 2. The minimum absolute atomic E-state index is 0.00646. The molecule has 21 heavy (non-hydrogen) atoms. The number of nitrogens with one attached hydrogen (secondary N) is 1. The van der Waals surface area contributed by atoms with E-state index < -0.39 is 0 Å². The molecule has 0 aliphatic heterocycles. The lowest BCUT2D eigenvalue weighted by Crippen LogP contribution is -2.38. The normalized spacial score (nSPS) is 9.52. The van der Waals surface area contributed by atoms with E-state index in [1.807, 2.05) is 19.9 Å². The molecule has 0 unspecified atom stereocenters. The van der Waals surface area contributed by atoms with E-state index in [-0.39, 0.29) is 25.0 Å². The minimum Gasteiger partial charge on any atom is -0.384 e. The number of amides is 2. The summed E-state index contributed by atoms with van der Waals surface area (Å²) in [6.45, 7) is 3.95. The fourth-order valence-corrected chi connectivity index (χ4v) is 1.82. The first-order valence-corrected chi connectivity index (χ1v) is 6.72. The summed E-state index contributed by atoms with van der Waals surface area (Å²) < 4.78 is 0. The van der Waals surface area contributed by atoms with Gasteiger partial charge in [0.1, 0.15) is 6.61 Å². The Morgan fingerprint density at radius 1 is 1.38 bits per heavy atom. The third-order valence-electron chi connectivity index (χ3n) is 2.81. The molecule has 5 nitrogen and oxygen atoms in total. The number of hydrogen-bond acceptors (Lipinski definition) is 3. The van der Waals surface area contributed by atoms with Crippen LogP contribution in [-0.4, -0.2) is 48.6 Å². The second kappa shape index (κ2) is 8.08. The van der Waals surface area contributed by atoms with Gasteiger partial charge in [-0.1, -0.05) is 23.5 Å². The Kier molecular flexibility index (Phi) is 6.44. The highest BCUT2D eigenvalue weighted by molar-refractivity contribution is 5.98. The lowest BCUT2D eigenvalue weighted by molar-refractivity contribution is -0.121. The number of aryl methyl sites for hydroxylation is 1. The summed E-state index contributed by atoms with van der Waals surface area (Å²) >= 11 is 0. The van der Waals surface area contributed by atoms with Crippen molar-refractivity contribution in [1.29, 1.82) is 0 Å². The van der Waals surface area contributed by atoms with Crippen LogP contribution in [0.1, 0.15) is 28.4 Å².